The van der Waals surface area contributed by atoms with Gasteiger partial charge < -0.3 is 14.2 Å². The van der Waals surface area contributed by atoms with Gasteiger partial charge in [-0.15, -0.1) is 0 Å². The number of hydrogen-bond acceptors (Lipinski definition) is 5. The molecule has 0 N–H and O–H groups in total. The Bertz CT molecular complexity index is 476. The Morgan fingerprint density at radius 2 is 1.89 bits per heavy atom. The summed E-state index contributed by atoms with van der Waals surface area (Å²) in [4.78, 5) is 21.7. The molecule has 0 fully saturated rings. The van der Waals surface area contributed by atoms with Crippen LogP contribution >= 0.6 is 0 Å². The Kier molecular flexibility index (Phi) is 4.92. The molecule has 0 atom stereocenters. The third-order valence-electron chi connectivity index (χ3n) is 1.94. The lowest BCUT2D eigenvalue weighted by atomic mass is 10.2. The fourth-order valence-electron chi connectivity index (χ4n) is 1.22. The fourth-order valence-corrected chi connectivity index (χ4v) is 1.22. The van der Waals surface area contributed by atoms with E-state index in [0.717, 1.165) is 6.26 Å². The first-order valence-electron chi connectivity index (χ1n) is 5.23. The van der Waals surface area contributed by atoms with Crippen LogP contribution in [0.5, 0.6) is 5.75 Å². The van der Waals surface area contributed by atoms with E-state index in [-0.39, 0.29) is 5.76 Å². The molecule has 0 amide bonds. The van der Waals surface area contributed by atoms with Crippen molar-refractivity contribution in [2.45, 2.75) is 13.8 Å². The lowest BCUT2D eigenvalue weighted by molar-refractivity contribution is -0.137. The molecule has 1 aromatic rings. The third kappa shape index (κ3) is 4.29. The minimum Gasteiger partial charge on any atom is -0.497 e. The lowest BCUT2D eigenvalue weighted by Crippen LogP contribution is -2.01. The summed E-state index contributed by atoms with van der Waals surface area (Å²) in [5, 5.41) is 0. The number of esters is 2. The van der Waals surface area contributed by atoms with Gasteiger partial charge in [0.05, 0.1) is 7.11 Å². The molecule has 5 nitrogen and oxygen atoms in total. The van der Waals surface area contributed by atoms with E-state index in [1.165, 1.54) is 21.0 Å². The van der Waals surface area contributed by atoms with Crippen molar-refractivity contribution in [1.29, 1.82) is 0 Å². The maximum absolute atomic E-state index is 11.0. The van der Waals surface area contributed by atoms with Crippen LogP contribution < -0.4 is 4.74 Å². The Morgan fingerprint density at radius 1 is 1.17 bits per heavy atom. The van der Waals surface area contributed by atoms with Crippen molar-refractivity contribution in [3.8, 4) is 5.75 Å². The standard InChI is InChI=1S/C13H14O5/c1-9(14)17-8-13(18-10(2)15)11-5-4-6-12(7-11)16-3/h4-8H,1-3H3/b13-8-. The minimum absolute atomic E-state index is 0.150. The number of hydrogen-bond donors (Lipinski definition) is 0. The second kappa shape index (κ2) is 6.44. The number of carbonyl (C=O) groups excluding carboxylic acids is 2. The molecule has 0 bridgehead atoms. The van der Waals surface area contributed by atoms with Gasteiger partial charge in [0.2, 0.25) is 0 Å². The number of rotatable bonds is 4. The summed E-state index contributed by atoms with van der Waals surface area (Å²) in [7, 11) is 1.53. The predicted octanol–water partition coefficient (Wildman–Crippen LogP) is 2.12. The molecule has 0 aliphatic carbocycles. The molecule has 0 aromatic heterocycles. The summed E-state index contributed by atoms with van der Waals surface area (Å²) in [6.07, 6.45) is 1.10. The molecule has 0 saturated carbocycles. The second-order valence-electron chi connectivity index (χ2n) is 3.42. The molecule has 0 radical (unpaired) electrons. The van der Waals surface area contributed by atoms with Crippen LogP contribution in [-0.2, 0) is 19.1 Å². The normalized spacial score (nSPS) is 10.7. The highest BCUT2D eigenvalue weighted by molar-refractivity contribution is 5.77. The number of ether oxygens (including phenoxy) is 3. The number of carbonyl (C=O) groups is 2. The van der Waals surface area contributed by atoms with Crippen molar-refractivity contribution in [2.24, 2.45) is 0 Å². The SMILES string of the molecule is COc1cccc(/C(=C/OC(C)=O)OC(C)=O)c1. The smallest absolute Gasteiger partial charge is 0.308 e. The largest absolute Gasteiger partial charge is 0.497 e. The maximum atomic E-state index is 11.0. The highest BCUT2D eigenvalue weighted by atomic mass is 16.6. The first-order chi connectivity index (χ1) is 8.52. The molecule has 0 heterocycles. The van der Waals surface area contributed by atoms with E-state index in [1.54, 1.807) is 24.3 Å². The molecular formula is C13H14O5. The Hall–Kier alpha value is -2.30. The number of benzene rings is 1. The van der Waals surface area contributed by atoms with Crippen LogP contribution in [0.4, 0.5) is 0 Å². The molecule has 96 valence electrons. The summed E-state index contributed by atoms with van der Waals surface area (Å²) in [6.45, 7) is 2.52. The summed E-state index contributed by atoms with van der Waals surface area (Å²) in [5.74, 6) is -0.247. The van der Waals surface area contributed by atoms with Crippen LogP contribution in [-0.4, -0.2) is 19.0 Å². The van der Waals surface area contributed by atoms with Gasteiger partial charge in [-0.05, 0) is 12.1 Å². The Labute approximate surface area is 105 Å². The van der Waals surface area contributed by atoms with E-state index >= 15 is 0 Å². The molecular weight excluding hydrogens is 236 g/mol. The van der Waals surface area contributed by atoms with Crippen LogP contribution in [0.3, 0.4) is 0 Å². The maximum Gasteiger partial charge on any atom is 0.308 e. The van der Waals surface area contributed by atoms with Crippen LogP contribution in [0.15, 0.2) is 30.5 Å². The highest BCUT2D eigenvalue weighted by Gasteiger charge is 2.08. The summed E-state index contributed by atoms with van der Waals surface area (Å²) < 4.78 is 14.7. The fraction of sp³-hybridized carbons (Fsp3) is 0.231. The van der Waals surface area contributed by atoms with Crippen LogP contribution in [0.2, 0.25) is 0 Å². The van der Waals surface area contributed by atoms with Gasteiger partial charge in [-0.1, -0.05) is 12.1 Å². The summed E-state index contributed by atoms with van der Waals surface area (Å²) in [6, 6.07) is 6.86. The lowest BCUT2D eigenvalue weighted by Gasteiger charge is -2.08. The molecule has 0 aliphatic rings. The highest BCUT2D eigenvalue weighted by Crippen LogP contribution is 2.21. The molecule has 1 aromatic carbocycles. The zero-order valence-corrected chi connectivity index (χ0v) is 10.4. The van der Waals surface area contributed by atoms with Crippen molar-refractivity contribution in [2.75, 3.05) is 7.11 Å². The first-order valence-corrected chi connectivity index (χ1v) is 5.23. The van der Waals surface area contributed by atoms with Gasteiger partial charge in [0.1, 0.15) is 12.0 Å². The van der Waals surface area contributed by atoms with Crippen LogP contribution in [0, 0.1) is 0 Å². The molecule has 0 unspecified atom stereocenters. The van der Waals surface area contributed by atoms with Crippen molar-refractivity contribution < 1.29 is 23.8 Å². The van der Waals surface area contributed by atoms with Gasteiger partial charge in [0, 0.05) is 19.4 Å². The third-order valence-corrected chi connectivity index (χ3v) is 1.94. The van der Waals surface area contributed by atoms with Gasteiger partial charge in [0.25, 0.3) is 0 Å². The predicted molar refractivity (Wildman–Crippen MR) is 64.5 cm³/mol. The van der Waals surface area contributed by atoms with Gasteiger partial charge in [-0.25, -0.2) is 0 Å². The topological polar surface area (TPSA) is 61.8 Å². The zero-order valence-electron chi connectivity index (χ0n) is 10.4. The van der Waals surface area contributed by atoms with Crippen LogP contribution in [0.25, 0.3) is 5.76 Å². The molecule has 0 aliphatic heterocycles. The monoisotopic (exact) mass is 250 g/mol. The average Bonchev–Trinajstić information content (AvgIpc) is 2.34. The summed E-state index contributed by atoms with van der Waals surface area (Å²) >= 11 is 0. The van der Waals surface area contributed by atoms with Crippen molar-refractivity contribution in [1.82, 2.24) is 0 Å². The molecule has 5 heteroatoms. The van der Waals surface area contributed by atoms with E-state index in [4.69, 9.17) is 14.2 Å². The summed E-state index contributed by atoms with van der Waals surface area (Å²) in [5.41, 5.74) is 0.575. The Morgan fingerprint density at radius 3 is 2.44 bits per heavy atom. The van der Waals surface area contributed by atoms with E-state index < -0.39 is 11.9 Å². The molecule has 0 spiro atoms. The van der Waals surface area contributed by atoms with E-state index in [2.05, 4.69) is 0 Å². The van der Waals surface area contributed by atoms with Crippen LogP contribution in [0.1, 0.15) is 19.4 Å². The van der Waals surface area contributed by atoms with Gasteiger partial charge in [-0.2, -0.15) is 0 Å². The average molecular weight is 250 g/mol. The van der Waals surface area contributed by atoms with Gasteiger partial charge in [-0.3, -0.25) is 9.59 Å². The first kappa shape index (κ1) is 13.8. The van der Waals surface area contributed by atoms with E-state index in [0.29, 0.717) is 11.3 Å². The van der Waals surface area contributed by atoms with E-state index in [9.17, 15) is 9.59 Å². The van der Waals surface area contributed by atoms with Crippen molar-refractivity contribution in [3.63, 3.8) is 0 Å². The minimum atomic E-state index is -0.503. The molecule has 0 saturated heterocycles. The molecule has 1 rings (SSSR count). The van der Waals surface area contributed by atoms with E-state index in [1.807, 2.05) is 0 Å². The van der Waals surface area contributed by atoms with Crippen molar-refractivity contribution in [3.05, 3.63) is 36.1 Å². The molecule has 18 heavy (non-hydrogen) atoms. The van der Waals surface area contributed by atoms with Gasteiger partial charge in [0.15, 0.2) is 5.76 Å². The van der Waals surface area contributed by atoms with Gasteiger partial charge >= 0.3 is 11.9 Å². The van der Waals surface area contributed by atoms with Crippen molar-refractivity contribution >= 4 is 17.7 Å². The zero-order chi connectivity index (χ0) is 13.5. The number of methoxy groups -OCH3 is 1. The Balaban J connectivity index is 3.04. The second-order valence-corrected chi connectivity index (χ2v) is 3.42. The quantitative estimate of drug-likeness (QED) is 0.605.